The molecule has 0 aromatic heterocycles. The SMILES string of the molecule is Cc1cc(C)cc(-c2cccc3[cH-]c(CC45CCC(CC4)C5)cc23)c1.Cc1cc(C)cc(-c2cccc3[cH-]c(CC45CCC(CC4)C5)cc23)c1.Cl.Cl.[CH2-]CC.[CH3-].[Si]=[Zr]. The van der Waals surface area contributed by atoms with Crippen LogP contribution in [0.5, 0.6) is 0 Å². The van der Waals surface area contributed by atoms with Crippen LogP contribution in [0.15, 0.2) is 97.1 Å². The van der Waals surface area contributed by atoms with Crippen molar-refractivity contribution < 1.29 is 23.3 Å². The maximum absolute atomic E-state index is 3.49. The zero-order chi connectivity index (χ0) is 38.7. The zero-order valence-corrected chi connectivity index (χ0v) is 41.2. The maximum atomic E-state index is 3.49. The third kappa shape index (κ3) is 10.8. The third-order valence-corrected chi connectivity index (χ3v) is 13.6. The van der Waals surface area contributed by atoms with Crippen LogP contribution in [0.1, 0.15) is 111 Å². The Morgan fingerprint density at radius 3 is 1.21 bits per heavy atom. The van der Waals surface area contributed by atoms with Crippen molar-refractivity contribution in [1.29, 1.82) is 0 Å². The molecule has 4 fully saturated rings. The molecule has 6 aromatic carbocycles. The molecule has 4 heteroatoms. The summed E-state index contributed by atoms with van der Waals surface area (Å²) in [6.07, 6.45) is 18.3. The Balaban J connectivity index is 0.000000221. The van der Waals surface area contributed by atoms with Crippen molar-refractivity contribution in [3.05, 3.63) is 145 Å². The average molecular weight is 905 g/mol. The Bertz CT molecular complexity index is 2040. The first-order chi connectivity index (χ1) is 26.6. The van der Waals surface area contributed by atoms with E-state index in [0.717, 1.165) is 18.3 Å². The molecule has 2 radical (unpaired) electrons. The molecule has 4 saturated carbocycles. The van der Waals surface area contributed by atoms with E-state index in [2.05, 4.69) is 139 Å². The van der Waals surface area contributed by atoms with Gasteiger partial charge in [-0.05, 0) is 139 Å². The van der Waals surface area contributed by atoms with Gasteiger partial charge in [-0.1, -0.05) is 88.8 Å². The van der Waals surface area contributed by atoms with Crippen molar-refractivity contribution in [3.8, 4) is 22.3 Å². The van der Waals surface area contributed by atoms with Crippen molar-refractivity contribution in [2.75, 3.05) is 0 Å². The van der Waals surface area contributed by atoms with E-state index >= 15 is 0 Å². The van der Waals surface area contributed by atoms with Crippen LogP contribution in [-0.2, 0) is 36.2 Å². The van der Waals surface area contributed by atoms with Gasteiger partial charge in [-0.25, -0.2) is 0 Å². The monoisotopic (exact) mass is 902 g/mol. The van der Waals surface area contributed by atoms with Gasteiger partial charge in [0.2, 0.25) is 0 Å². The van der Waals surface area contributed by atoms with Gasteiger partial charge in [0.15, 0.2) is 0 Å². The summed E-state index contributed by atoms with van der Waals surface area (Å²) in [4.78, 5) is 0. The number of benzene rings is 4. The molecule has 308 valence electrons. The van der Waals surface area contributed by atoms with Crippen LogP contribution in [0.4, 0.5) is 0 Å². The summed E-state index contributed by atoms with van der Waals surface area (Å²) in [6, 6.07) is 37.3. The van der Waals surface area contributed by atoms with E-state index < -0.39 is 0 Å². The number of rotatable bonds is 6. The topological polar surface area (TPSA) is 0 Å². The van der Waals surface area contributed by atoms with Gasteiger partial charge in [-0.2, -0.15) is 18.6 Å². The quantitative estimate of drug-likeness (QED) is 0.115. The van der Waals surface area contributed by atoms with Crippen LogP contribution in [0, 0.1) is 64.7 Å². The number of aryl methyl sites for hydroxylation is 4. The Morgan fingerprint density at radius 2 is 0.914 bits per heavy atom. The molecule has 0 aliphatic heterocycles. The molecule has 4 bridgehead atoms. The summed E-state index contributed by atoms with van der Waals surface area (Å²) < 4.78 is 0. The molecule has 6 aromatic rings. The summed E-state index contributed by atoms with van der Waals surface area (Å²) in [6.45, 7) is 17.4. The van der Waals surface area contributed by atoms with E-state index in [1.807, 2.05) is 6.92 Å². The zero-order valence-electron chi connectivity index (χ0n) is 36.1. The van der Waals surface area contributed by atoms with Gasteiger partial charge in [0, 0.05) is 0 Å². The van der Waals surface area contributed by atoms with E-state index in [-0.39, 0.29) is 32.2 Å². The molecule has 10 rings (SSSR count). The molecular weight excluding hydrogens is 839 g/mol. The van der Waals surface area contributed by atoms with E-state index in [1.165, 1.54) is 166 Å². The molecule has 0 spiro atoms. The van der Waals surface area contributed by atoms with Gasteiger partial charge in [0.05, 0.1) is 0 Å². The fourth-order valence-corrected chi connectivity index (χ4v) is 11.5. The summed E-state index contributed by atoms with van der Waals surface area (Å²) in [7, 11) is 0. The fourth-order valence-electron chi connectivity index (χ4n) is 11.5. The second-order valence-corrected chi connectivity index (χ2v) is 18.2. The summed E-state index contributed by atoms with van der Waals surface area (Å²) in [5.74, 6) is 2.07. The molecule has 0 saturated heterocycles. The molecule has 4 aliphatic carbocycles. The van der Waals surface area contributed by atoms with Gasteiger partial charge in [0.25, 0.3) is 0 Å². The summed E-state index contributed by atoms with van der Waals surface area (Å²) in [5, 5.41) is 5.70. The molecule has 0 atom stereocenters. The Kier molecular flexibility index (Phi) is 17.6. The number of halogens is 2. The van der Waals surface area contributed by atoms with Crippen LogP contribution >= 0.6 is 24.8 Å². The van der Waals surface area contributed by atoms with Crippen LogP contribution < -0.4 is 0 Å². The van der Waals surface area contributed by atoms with Crippen molar-refractivity contribution in [2.24, 2.45) is 22.7 Å². The first-order valence-electron chi connectivity index (χ1n) is 21.2. The number of hydrogen-bond acceptors (Lipinski definition) is 0. The minimum absolute atomic E-state index is 0. The van der Waals surface area contributed by atoms with Crippen LogP contribution in [0.2, 0.25) is 0 Å². The molecule has 0 unspecified atom stereocenters. The molecule has 4 aliphatic rings. The predicted octanol–water partition coefficient (Wildman–Crippen LogP) is 16.1. The van der Waals surface area contributed by atoms with E-state index in [0.29, 0.717) is 10.8 Å². The van der Waals surface area contributed by atoms with Crippen molar-refractivity contribution >= 4 is 53.2 Å². The van der Waals surface area contributed by atoms with Crippen molar-refractivity contribution in [1.82, 2.24) is 0 Å². The summed E-state index contributed by atoms with van der Waals surface area (Å²) in [5.41, 5.74) is 15.3. The van der Waals surface area contributed by atoms with Gasteiger partial charge in [0.1, 0.15) is 0 Å². The Morgan fingerprint density at radius 1 is 0.586 bits per heavy atom. The van der Waals surface area contributed by atoms with Crippen LogP contribution in [-0.4, -0.2) is 6.88 Å². The minimum atomic E-state index is 0. The normalized spacial score (nSPS) is 22.0. The average Bonchev–Trinajstić information content (AvgIpc) is 4.02. The summed E-state index contributed by atoms with van der Waals surface area (Å²) >= 11 is 1.36. The molecule has 0 nitrogen and oxygen atoms in total. The number of hydrogen-bond donors (Lipinski definition) is 0. The second-order valence-electron chi connectivity index (χ2n) is 18.2. The van der Waals surface area contributed by atoms with Gasteiger partial charge in [-0.3, -0.25) is 0 Å². The molecule has 58 heavy (non-hydrogen) atoms. The first kappa shape index (κ1) is 48.4. The molecule has 0 heterocycles. The predicted molar refractivity (Wildman–Crippen MR) is 257 cm³/mol. The number of fused-ring (bicyclic) bond motifs is 6. The first-order valence-corrected chi connectivity index (χ1v) is 25.4. The van der Waals surface area contributed by atoms with Crippen molar-refractivity contribution in [2.45, 2.75) is 118 Å². The standard InChI is InChI=1S/2C25H27.C3H7.CH3.2ClH.Si.Zr/c2*1-17-10-18(2)12-22(11-17)23-5-3-4-21-13-20(14-24(21)23)16-25-8-6-19(15-25)7-9-25;1-3-2;;;;;/h2*3-5,10-14,19H,6-9,15-16H2,1-2H3;1,3H2,2H3;1H3;2*1H;;/q4*-1;;;;. The fraction of sp³-hybridized carbons (Fsp3) is 0.407. The van der Waals surface area contributed by atoms with Gasteiger partial charge < -0.3 is 14.4 Å². The molecule has 0 N–H and O–H groups in total. The molecule has 0 amide bonds. The van der Waals surface area contributed by atoms with E-state index in [4.69, 9.17) is 0 Å². The second kappa shape index (κ2) is 21.0. The van der Waals surface area contributed by atoms with E-state index in [1.54, 1.807) is 11.1 Å². The Labute approximate surface area is 381 Å². The van der Waals surface area contributed by atoms with Gasteiger partial charge in [-0.15, -0.1) is 93.9 Å². The van der Waals surface area contributed by atoms with Gasteiger partial charge >= 0.3 is 30.2 Å². The Hall–Kier alpha value is -2.22. The molecular formula is C54H66Cl2SiZr-4. The third-order valence-electron chi connectivity index (χ3n) is 13.6. The van der Waals surface area contributed by atoms with Crippen molar-refractivity contribution in [3.63, 3.8) is 0 Å². The van der Waals surface area contributed by atoms with Crippen LogP contribution in [0.25, 0.3) is 43.8 Å². The van der Waals surface area contributed by atoms with E-state index in [9.17, 15) is 0 Å². The van der Waals surface area contributed by atoms with Crippen LogP contribution in [0.3, 0.4) is 0 Å².